The molecule has 0 aliphatic carbocycles. The SMILES string of the molecule is CC(=O)N(C)c1ccc(S(=O)(=O)Nc2ccc(C)c(Cl)c2)cc1. The lowest BCUT2D eigenvalue weighted by molar-refractivity contribution is -0.116. The normalized spacial score (nSPS) is 11.1. The number of hydrogen-bond donors (Lipinski definition) is 1. The number of amides is 1. The molecule has 2 aromatic carbocycles. The highest BCUT2D eigenvalue weighted by atomic mass is 35.5. The standard InChI is InChI=1S/C16H17ClN2O3S/c1-11-4-5-13(10-16(11)17)18-23(21,22)15-8-6-14(7-9-15)19(3)12(2)20/h4-10,18H,1-3H3. The van der Waals surface area contributed by atoms with Gasteiger partial charge in [-0.05, 0) is 48.9 Å². The lowest BCUT2D eigenvalue weighted by Gasteiger charge is -2.15. The molecular weight excluding hydrogens is 336 g/mol. The van der Waals surface area contributed by atoms with E-state index in [0.717, 1.165) is 5.56 Å². The van der Waals surface area contributed by atoms with Crippen LogP contribution in [0.3, 0.4) is 0 Å². The molecule has 2 rings (SSSR count). The van der Waals surface area contributed by atoms with Gasteiger partial charge in [-0.3, -0.25) is 9.52 Å². The van der Waals surface area contributed by atoms with Gasteiger partial charge in [-0.2, -0.15) is 0 Å². The van der Waals surface area contributed by atoms with Crippen molar-refractivity contribution in [1.82, 2.24) is 0 Å². The van der Waals surface area contributed by atoms with E-state index in [2.05, 4.69) is 4.72 Å². The number of carbonyl (C=O) groups is 1. The average Bonchev–Trinajstić information content (AvgIpc) is 2.50. The van der Waals surface area contributed by atoms with Crippen LogP contribution >= 0.6 is 11.6 Å². The lowest BCUT2D eigenvalue weighted by atomic mass is 10.2. The molecule has 122 valence electrons. The van der Waals surface area contributed by atoms with Crippen LogP contribution in [0.2, 0.25) is 5.02 Å². The molecule has 0 aliphatic heterocycles. The first-order valence-corrected chi connectivity index (χ1v) is 8.70. The fourth-order valence-electron chi connectivity index (χ4n) is 1.90. The highest BCUT2D eigenvalue weighted by molar-refractivity contribution is 7.92. The molecule has 0 unspecified atom stereocenters. The Morgan fingerprint density at radius 1 is 1.13 bits per heavy atom. The average molecular weight is 353 g/mol. The largest absolute Gasteiger partial charge is 0.316 e. The van der Waals surface area contributed by atoms with Gasteiger partial charge in [0.05, 0.1) is 10.6 Å². The fraction of sp³-hybridized carbons (Fsp3) is 0.188. The summed E-state index contributed by atoms with van der Waals surface area (Å²) in [5.41, 5.74) is 1.88. The van der Waals surface area contributed by atoms with Gasteiger partial charge in [0, 0.05) is 24.7 Å². The van der Waals surface area contributed by atoms with Crippen LogP contribution in [0.1, 0.15) is 12.5 Å². The second kappa shape index (κ2) is 6.60. The first kappa shape index (κ1) is 17.3. The van der Waals surface area contributed by atoms with Gasteiger partial charge in [0.1, 0.15) is 0 Å². The Morgan fingerprint density at radius 3 is 2.26 bits per heavy atom. The zero-order chi connectivity index (χ0) is 17.2. The predicted molar refractivity (Wildman–Crippen MR) is 92.5 cm³/mol. The van der Waals surface area contributed by atoms with Crippen LogP contribution in [-0.2, 0) is 14.8 Å². The topological polar surface area (TPSA) is 66.5 Å². The van der Waals surface area contributed by atoms with Crippen molar-refractivity contribution in [3.63, 3.8) is 0 Å². The third-order valence-electron chi connectivity index (χ3n) is 3.43. The monoisotopic (exact) mass is 352 g/mol. The van der Waals surface area contributed by atoms with Crippen LogP contribution in [0.5, 0.6) is 0 Å². The van der Waals surface area contributed by atoms with E-state index in [0.29, 0.717) is 16.4 Å². The van der Waals surface area contributed by atoms with E-state index >= 15 is 0 Å². The molecule has 0 aromatic heterocycles. The van der Waals surface area contributed by atoms with Crippen molar-refractivity contribution in [2.24, 2.45) is 0 Å². The van der Waals surface area contributed by atoms with Gasteiger partial charge in [-0.15, -0.1) is 0 Å². The Kier molecular flexibility index (Phi) is 4.97. The zero-order valence-corrected chi connectivity index (χ0v) is 14.6. The molecule has 1 N–H and O–H groups in total. The lowest BCUT2D eigenvalue weighted by Crippen LogP contribution is -2.22. The van der Waals surface area contributed by atoms with Crippen LogP contribution in [0.15, 0.2) is 47.4 Å². The third-order valence-corrected chi connectivity index (χ3v) is 5.24. The maximum atomic E-state index is 12.4. The van der Waals surface area contributed by atoms with Crippen molar-refractivity contribution in [2.45, 2.75) is 18.7 Å². The summed E-state index contributed by atoms with van der Waals surface area (Å²) in [5, 5.41) is 0.489. The molecule has 2 aromatic rings. The van der Waals surface area contributed by atoms with E-state index in [-0.39, 0.29) is 10.8 Å². The number of halogens is 1. The Morgan fingerprint density at radius 2 is 1.74 bits per heavy atom. The number of nitrogens with zero attached hydrogens (tertiary/aromatic N) is 1. The van der Waals surface area contributed by atoms with Crippen molar-refractivity contribution in [3.8, 4) is 0 Å². The summed E-state index contributed by atoms with van der Waals surface area (Å²) in [6, 6.07) is 11.0. The maximum Gasteiger partial charge on any atom is 0.261 e. The van der Waals surface area contributed by atoms with Gasteiger partial charge < -0.3 is 4.90 Å². The Balaban J connectivity index is 2.25. The number of nitrogens with one attached hydrogen (secondary N) is 1. The van der Waals surface area contributed by atoms with E-state index in [4.69, 9.17) is 11.6 Å². The number of sulfonamides is 1. The van der Waals surface area contributed by atoms with Crippen molar-refractivity contribution < 1.29 is 13.2 Å². The van der Waals surface area contributed by atoms with Crippen LogP contribution in [0.4, 0.5) is 11.4 Å². The minimum Gasteiger partial charge on any atom is -0.316 e. The van der Waals surface area contributed by atoms with Gasteiger partial charge in [-0.25, -0.2) is 8.42 Å². The first-order valence-electron chi connectivity index (χ1n) is 6.84. The second-order valence-corrected chi connectivity index (χ2v) is 7.23. The maximum absolute atomic E-state index is 12.4. The molecular formula is C16H17ClN2O3S. The van der Waals surface area contributed by atoms with E-state index in [9.17, 15) is 13.2 Å². The summed E-state index contributed by atoms with van der Waals surface area (Å²) >= 11 is 6.00. The highest BCUT2D eigenvalue weighted by Crippen LogP contribution is 2.23. The van der Waals surface area contributed by atoms with Gasteiger partial charge in [0.15, 0.2) is 0 Å². The molecule has 0 bridgehead atoms. The van der Waals surface area contributed by atoms with Crippen LogP contribution in [-0.4, -0.2) is 21.4 Å². The molecule has 0 heterocycles. The van der Waals surface area contributed by atoms with Gasteiger partial charge >= 0.3 is 0 Å². The summed E-state index contributed by atoms with van der Waals surface area (Å²) in [6.45, 7) is 3.28. The first-order chi connectivity index (χ1) is 10.7. The number of rotatable bonds is 4. The van der Waals surface area contributed by atoms with Gasteiger partial charge in [0.25, 0.3) is 10.0 Å². The van der Waals surface area contributed by atoms with Crippen molar-refractivity contribution in [1.29, 1.82) is 0 Å². The molecule has 0 fully saturated rings. The summed E-state index contributed by atoms with van der Waals surface area (Å²) in [6.07, 6.45) is 0. The van der Waals surface area contributed by atoms with Crippen molar-refractivity contribution >= 4 is 38.9 Å². The molecule has 5 nitrogen and oxygen atoms in total. The van der Waals surface area contributed by atoms with E-state index in [1.165, 1.54) is 24.0 Å². The van der Waals surface area contributed by atoms with E-state index in [1.807, 2.05) is 6.92 Å². The van der Waals surface area contributed by atoms with Crippen LogP contribution < -0.4 is 9.62 Å². The molecule has 0 spiro atoms. The highest BCUT2D eigenvalue weighted by Gasteiger charge is 2.15. The second-order valence-electron chi connectivity index (χ2n) is 5.14. The minimum absolute atomic E-state index is 0.106. The predicted octanol–water partition coefficient (Wildman–Crippen LogP) is 3.43. The Bertz CT molecular complexity index is 833. The fourth-order valence-corrected chi connectivity index (χ4v) is 3.13. The van der Waals surface area contributed by atoms with Crippen molar-refractivity contribution in [3.05, 3.63) is 53.1 Å². The van der Waals surface area contributed by atoms with Crippen LogP contribution in [0.25, 0.3) is 0 Å². The third kappa shape index (κ3) is 4.03. The summed E-state index contributed by atoms with van der Waals surface area (Å²) < 4.78 is 27.2. The van der Waals surface area contributed by atoms with E-state index in [1.54, 1.807) is 37.4 Å². The van der Waals surface area contributed by atoms with Crippen molar-refractivity contribution in [2.75, 3.05) is 16.7 Å². The molecule has 0 aliphatic rings. The van der Waals surface area contributed by atoms with Crippen LogP contribution in [0, 0.1) is 6.92 Å². The molecule has 7 heteroatoms. The van der Waals surface area contributed by atoms with Gasteiger partial charge in [-0.1, -0.05) is 17.7 Å². The van der Waals surface area contributed by atoms with Gasteiger partial charge in [0.2, 0.25) is 5.91 Å². The quantitative estimate of drug-likeness (QED) is 0.916. The molecule has 0 saturated carbocycles. The summed E-state index contributed by atoms with van der Waals surface area (Å²) in [7, 11) is -2.09. The number of aryl methyl sites for hydroxylation is 1. The summed E-state index contributed by atoms with van der Waals surface area (Å²) in [5.74, 6) is -0.131. The molecule has 0 saturated heterocycles. The number of benzene rings is 2. The Labute approximate surface area is 140 Å². The number of anilines is 2. The molecule has 1 amide bonds. The number of hydrogen-bond acceptors (Lipinski definition) is 3. The summed E-state index contributed by atoms with van der Waals surface area (Å²) in [4.78, 5) is 12.8. The van der Waals surface area contributed by atoms with E-state index < -0.39 is 10.0 Å². The molecule has 23 heavy (non-hydrogen) atoms. The zero-order valence-electron chi connectivity index (χ0n) is 13.0. The number of carbonyl (C=O) groups excluding carboxylic acids is 1. The molecule has 0 atom stereocenters. The Hall–Kier alpha value is -2.05. The minimum atomic E-state index is -3.72. The molecule has 0 radical (unpaired) electrons. The smallest absolute Gasteiger partial charge is 0.261 e.